The molecule has 114 valence electrons. The van der Waals surface area contributed by atoms with E-state index < -0.39 is 0 Å². The van der Waals surface area contributed by atoms with Crippen molar-refractivity contribution >= 4 is 11.9 Å². The van der Waals surface area contributed by atoms with Crippen LogP contribution in [0.2, 0.25) is 0 Å². The molecule has 0 saturated heterocycles. The molecule has 0 atom stereocenters. The van der Waals surface area contributed by atoms with Gasteiger partial charge in [0.1, 0.15) is 11.5 Å². The Morgan fingerprint density at radius 1 is 1.14 bits per heavy atom. The molecule has 0 radical (unpaired) electrons. The Balaban J connectivity index is 2.07. The zero-order valence-electron chi connectivity index (χ0n) is 12.5. The van der Waals surface area contributed by atoms with Crippen molar-refractivity contribution in [3.63, 3.8) is 0 Å². The Hall–Kier alpha value is -2.38. The highest BCUT2D eigenvalue weighted by Gasteiger charge is 2.08. The lowest BCUT2D eigenvalue weighted by atomic mass is 10.4. The van der Waals surface area contributed by atoms with Crippen LogP contribution in [0.3, 0.4) is 0 Å². The third-order valence-corrected chi connectivity index (χ3v) is 2.49. The molecule has 0 bridgehead atoms. The highest BCUT2D eigenvalue weighted by molar-refractivity contribution is 5.36. The zero-order valence-corrected chi connectivity index (χ0v) is 12.5. The van der Waals surface area contributed by atoms with E-state index in [9.17, 15) is 0 Å². The molecule has 0 aliphatic heterocycles. The van der Waals surface area contributed by atoms with Crippen molar-refractivity contribution in [3.05, 3.63) is 17.5 Å². The van der Waals surface area contributed by atoms with Gasteiger partial charge in [0.05, 0.1) is 13.2 Å². The van der Waals surface area contributed by atoms with E-state index in [4.69, 9.17) is 9.26 Å². The van der Waals surface area contributed by atoms with E-state index in [1.54, 1.807) is 0 Å². The van der Waals surface area contributed by atoms with Crippen LogP contribution in [0.25, 0.3) is 0 Å². The third-order valence-electron chi connectivity index (χ3n) is 2.49. The van der Waals surface area contributed by atoms with Crippen LogP contribution in [-0.2, 0) is 6.54 Å². The maximum Gasteiger partial charge on any atom is 0.323 e. The molecule has 0 aliphatic rings. The standard InChI is InChI=1S/C13H20N6O2/c1-4-6-20-13-17-11(14-5-2)16-12(18-13)15-8-10-7-9(3)21-19-10/h7H,4-6,8H2,1-3H3,(H2,14,15,16,17,18). The molecule has 0 saturated carbocycles. The van der Waals surface area contributed by atoms with Crippen LogP contribution in [0, 0.1) is 6.92 Å². The van der Waals surface area contributed by atoms with Crippen LogP contribution in [0.5, 0.6) is 6.01 Å². The van der Waals surface area contributed by atoms with Crippen LogP contribution in [0.15, 0.2) is 10.6 Å². The number of aryl methyl sites for hydroxylation is 1. The van der Waals surface area contributed by atoms with Gasteiger partial charge in [-0.1, -0.05) is 12.1 Å². The van der Waals surface area contributed by atoms with Crippen molar-refractivity contribution in [3.8, 4) is 6.01 Å². The fraction of sp³-hybridized carbons (Fsp3) is 0.538. The van der Waals surface area contributed by atoms with Gasteiger partial charge in [-0.25, -0.2) is 0 Å². The second-order valence-corrected chi connectivity index (χ2v) is 4.43. The van der Waals surface area contributed by atoms with E-state index in [0.717, 1.165) is 24.4 Å². The number of hydrogen-bond donors (Lipinski definition) is 2. The van der Waals surface area contributed by atoms with Gasteiger partial charge in [-0.3, -0.25) is 0 Å². The molecule has 2 rings (SSSR count). The Morgan fingerprint density at radius 3 is 2.52 bits per heavy atom. The molecule has 0 spiro atoms. The normalized spacial score (nSPS) is 10.4. The van der Waals surface area contributed by atoms with E-state index in [0.29, 0.717) is 31.1 Å². The first kappa shape index (κ1) is 15.0. The van der Waals surface area contributed by atoms with E-state index in [1.807, 2.05) is 26.8 Å². The summed E-state index contributed by atoms with van der Waals surface area (Å²) >= 11 is 0. The first-order valence-electron chi connectivity index (χ1n) is 7.00. The lowest BCUT2D eigenvalue weighted by molar-refractivity contribution is 0.292. The van der Waals surface area contributed by atoms with Crippen molar-refractivity contribution in [2.45, 2.75) is 33.7 Å². The van der Waals surface area contributed by atoms with E-state index >= 15 is 0 Å². The van der Waals surface area contributed by atoms with Crippen LogP contribution in [0.1, 0.15) is 31.7 Å². The van der Waals surface area contributed by atoms with Gasteiger partial charge < -0.3 is 19.9 Å². The first-order chi connectivity index (χ1) is 10.2. The highest BCUT2D eigenvalue weighted by Crippen LogP contribution is 2.12. The van der Waals surface area contributed by atoms with Gasteiger partial charge in [0.2, 0.25) is 11.9 Å². The van der Waals surface area contributed by atoms with Gasteiger partial charge in [0.15, 0.2) is 0 Å². The number of nitrogens with one attached hydrogen (secondary N) is 2. The molecule has 2 N–H and O–H groups in total. The van der Waals surface area contributed by atoms with Crippen LogP contribution in [-0.4, -0.2) is 33.3 Å². The second-order valence-electron chi connectivity index (χ2n) is 4.43. The average Bonchev–Trinajstić information content (AvgIpc) is 2.89. The summed E-state index contributed by atoms with van der Waals surface area (Å²) in [5.74, 6) is 1.69. The van der Waals surface area contributed by atoms with Crippen LogP contribution < -0.4 is 15.4 Å². The molecular formula is C13H20N6O2. The SMILES string of the molecule is CCCOc1nc(NCC)nc(NCc2cc(C)on2)n1. The molecule has 21 heavy (non-hydrogen) atoms. The van der Waals surface area contributed by atoms with Crippen LogP contribution >= 0.6 is 0 Å². The quantitative estimate of drug-likeness (QED) is 0.762. The topological polar surface area (TPSA) is 98.0 Å². The van der Waals surface area contributed by atoms with Gasteiger partial charge in [-0.2, -0.15) is 15.0 Å². The van der Waals surface area contributed by atoms with Gasteiger partial charge >= 0.3 is 6.01 Å². The molecule has 0 amide bonds. The lowest BCUT2D eigenvalue weighted by Gasteiger charge is -2.08. The number of nitrogens with zero attached hydrogens (tertiary/aromatic N) is 4. The molecule has 2 aromatic rings. The summed E-state index contributed by atoms with van der Waals surface area (Å²) < 4.78 is 10.5. The minimum Gasteiger partial charge on any atom is -0.463 e. The van der Waals surface area contributed by atoms with Crippen molar-refractivity contribution in [1.82, 2.24) is 20.1 Å². The second kappa shape index (κ2) is 7.41. The maximum absolute atomic E-state index is 5.46. The summed E-state index contributed by atoms with van der Waals surface area (Å²) in [6, 6.07) is 2.16. The molecule has 8 nitrogen and oxygen atoms in total. The average molecular weight is 292 g/mol. The van der Waals surface area contributed by atoms with E-state index in [2.05, 4.69) is 30.7 Å². The molecule has 0 unspecified atom stereocenters. The summed E-state index contributed by atoms with van der Waals surface area (Å²) in [5, 5.41) is 10.0. The number of ether oxygens (including phenoxy) is 1. The number of hydrogen-bond acceptors (Lipinski definition) is 8. The molecule has 0 aliphatic carbocycles. The number of aromatic nitrogens is 4. The Bertz CT molecular complexity index is 572. The van der Waals surface area contributed by atoms with E-state index in [1.165, 1.54) is 0 Å². The molecule has 0 aromatic carbocycles. The summed E-state index contributed by atoms with van der Waals surface area (Å²) in [6.07, 6.45) is 0.892. The lowest BCUT2D eigenvalue weighted by Crippen LogP contribution is -2.11. The predicted molar refractivity (Wildman–Crippen MR) is 78.3 cm³/mol. The minimum absolute atomic E-state index is 0.307. The minimum atomic E-state index is 0.307. The third kappa shape index (κ3) is 4.59. The monoisotopic (exact) mass is 292 g/mol. The van der Waals surface area contributed by atoms with Crippen LogP contribution in [0.4, 0.5) is 11.9 Å². The molecule has 2 aromatic heterocycles. The van der Waals surface area contributed by atoms with Gasteiger partial charge in [-0.15, -0.1) is 0 Å². The molecule has 8 heteroatoms. The van der Waals surface area contributed by atoms with Gasteiger partial charge in [0, 0.05) is 12.6 Å². The van der Waals surface area contributed by atoms with Gasteiger partial charge in [-0.05, 0) is 20.3 Å². The highest BCUT2D eigenvalue weighted by atomic mass is 16.5. The Morgan fingerprint density at radius 2 is 1.90 bits per heavy atom. The van der Waals surface area contributed by atoms with Crippen molar-refractivity contribution in [2.24, 2.45) is 0 Å². The summed E-state index contributed by atoms with van der Waals surface area (Å²) in [6.45, 7) is 7.61. The molecule has 2 heterocycles. The molecule has 0 fully saturated rings. The summed E-state index contributed by atoms with van der Waals surface area (Å²) in [4.78, 5) is 12.7. The van der Waals surface area contributed by atoms with Gasteiger partial charge in [0.25, 0.3) is 0 Å². The summed E-state index contributed by atoms with van der Waals surface area (Å²) in [7, 11) is 0. The summed E-state index contributed by atoms with van der Waals surface area (Å²) in [5.41, 5.74) is 0.786. The smallest absolute Gasteiger partial charge is 0.323 e. The number of anilines is 2. The maximum atomic E-state index is 5.46. The van der Waals surface area contributed by atoms with E-state index in [-0.39, 0.29) is 0 Å². The Kier molecular flexibility index (Phi) is 5.30. The van der Waals surface area contributed by atoms with Crippen molar-refractivity contribution in [2.75, 3.05) is 23.8 Å². The number of rotatable bonds is 8. The van der Waals surface area contributed by atoms with Crippen molar-refractivity contribution in [1.29, 1.82) is 0 Å². The largest absolute Gasteiger partial charge is 0.463 e. The predicted octanol–water partition coefficient (Wildman–Crippen LogP) is 2.00. The fourth-order valence-corrected chi connectivity index (χ4v) is 1.60. The first-order valence-corrected chi connectivity index (χ1v) is 7.00. The Labute approximate surface area is 123 Å². The fourth-order valence-electron chi connectivity index (χ4n) is 1.60. The molecular weight excluding hydrogens is 272 g/mol. The van der Waals surface area contributed by atoms with Crippen molar-refractivity contribution < 1.29 is 9.26 Å². The zero-order chi connectivity index (χ0) is 15.1.